The van der Waals surface area contributed by atoms with E-state index in [1.807, 2.05) is 0 Å². The number of rotatable bonds is 1. The van der Waals surface area contributed by atoms with Gasteiger partial charge in [0.05, 0.1) is 0 Å². The second-order valence-corrected chi connectivity index (χ2v) is 7.80. The van der Waals surface area contributed by atoms with Crippen LogP contribution in [0.4, 0.5) is 0 Å². The van der Waals surface area contributed by atoms with Crippen molar-refractivity contribution in [2.75, 3.05) is 0 Å². The van der Waals surface area contributed by atoms with Gasteiger partial charge in [0.2, 0.25) is 0 Å². The Labute approximate surface area is 116 Å². The van der Waals surface area contributed by atoms with Crippen molar-refractivity contribution in [3.8, 4) is 0 Å². The Balaban J connectivity index is 2.02. The van der Waals surface area contributed by atoms with E-state index in [1.54, 1.807) is 0 Å². The normalized spacial score (nSPS) is 52.1. The van der Waals surface area contributed by atoms with E-state index in [1.165, 1.54) is 38.2 Å². The van der Waals surface area contributed by atoms with Gasteiger partial charge in [-0.1, -0.05) is 33.8 Å². The Kier molecular flexibility index (Phi) is 2.54. The third kappa shape index (κ3) is 1.41. The lowest BCUT2D eigenvalue weighted by Crippen LogP contribution is -2.40. The van der Waals surface area contributed by atoms with Gasteiger partial charge in [-0.2, -0.15) is 0 Å². The minimum Gasteiger partial charge on any atom is -0.458 e. The number of fused-ring (bicyclic) bond motifs is 5. The Morgan fingerprint density at radius 3 is 2.58 bits per heavy atom. The van der Waals surface area contributed by atoms with Crippen LogP contribution in [0.5, 0.6) is 0 Å². The first-order valence-corrected chi connectivity index (χ1v) is 7.59. The molecule has 0 spiro atoms. The largest absolute Gasteiger partial charge is 0.458 e. The first kappa shape index (κ1) is 13.2. The Bertz CT molecular complexity index is 454. The maximum absolute atomic E-state index is 11.3. The summed E-state index contributed by atoms with van der Waals surface area (Å²) in [5.74, 6) is 0.361. The maximum Gasteiger partial charge on any atom is 0.303 e. The summed E-state index contributed by atoms with van der Waals surface area (Å²) in [5.41, 5.74) is 2.21. The third-order valence-electron chi connectivity index (χ3n) is 7.19. The molecule has 0 N–H and O–H groups in total. The first-order valence-electron chi connectivity index (χ1n) is 7.59. The van der Waals surface area contributed by atoms with Crippen molar-refractivity contribution in [2.45, 2.75) is 65.9 Å². The van der Waals surface area contributed by atoms with E-state index in [0.717, 1.165) is 6.42 Å². The first-order chi connectivity index (χ1) is 8.73. The number of carbonyl (C=O) groups excluding carboxylic acids is 1. The van der Waals surface area contributed by atoms with Gasteiger partial charge in [0.1, 0.15) is 6.10 Å². The van der Waals surface area contributed by atoms with Gasteiger partial charge in [-0.3, -0.25) is 4.79 Å². The SMILES string of the molecule is C=C1[C@@H](OC(C)=O)C[C@]2(C)C[C@H]1[C@]1(C)CCC[C@]21C. The van der Waals surface area contributed by atoms with Crippen LogP contribution in [-0.2, 0) is 9.53 Å². The van der Waals surface area contributed by atoms with E-state index in [9.17, 15) is 4.79 Å². The molecule has 3 fully saturated rings. The van der Waals surface area contributed by atoms with Gasteiger partial charge in [0, 0.05) is 6.92 Å². The molecule has 3 rings (SSSR count). The van der Waals surface area contributed by atoms with E-state index in [-0.39, 0.29) is 12.1 Å². The van der Waals surface area contributed by atoms with Crippen molar-refractivity contribution >= 4 is 5.97 Å². The highest BCUT2D eigenvalue weighted by Crippen LogP contribution is 2.77. The van der Waals surface area contributed by atoms with Crippen molar-refractivity contribution in [1.82, 2.24) is 0 Å². The highest BCUT2D eigenvalue weighted by molar-refractivity contribution is 5.66. The van der Waals surface area contributed by atoms with Crippen molar-refractivity contribution in [1.29, 1.82) is 0 Å². The summed E-state index contributed by atoms with van der Waals surface area (Å²) in [7, 11) is 0. The second-order valence-electron chi connectivity index (χ2n) is 7.80. The zero-order valence-electron chi connectivity index (χ0n) is 12.7. The molecule has 0 aromatic heterocycles. The molecule has 0 aliphatic heterocycles. The topological polar surface area (TPSA) is 26.3 Å². The fraction of sp³-hybridized carbons (Fsp3) is 0.824. The molecule has 3 aliphatic rings. The van der Waals surface area contributed by atoms with E-state index in [0.29, 0.717) is 22.2 Å². The Hall–Kier alpha value is -0.790. The molecule has 2 nitrogen and oxygen atoms in total. The van der Waals surface area contributed by atoms with Gasteiger partial charge in [-0.25, -0.2) is 0 Å². The van der Waals surface area contributed by atoms with Crippen LogP contribution in [0.15, 0.2) is 12.2 Å². The van der Waals surface area contributed by atoms with Gasteiger partial charge in [-0.15, -0.1) is 0 Å². The molecule has 0 amide bonds. The molecule has 2 bridgehead atoms. The van der Waals surface area contributed by atoms with Gasteiger partial charge < -0.3 is 4.74 Å². The molecule has 2 heteroatoms. The van der Waals surface area contributed by atoms with Gasteiger partial charge >= 0.3 is 5.97 Å². The lowest BCUT2D eigenvalue weighted by Gasteiger charge is -2.46. The number of esters is 1. The molecule has 0 unspecified atom stereocenters. The third-order valence-corrected chi connectivity index (χ3v) is 7.19. The van der Waals surface area contributed by atoms with Crippen LogP contribution in [-0.4, -0.2) is 12.1 Å². The predicted octanol–water partition coefficient (Wildman–Crippen LogP) is 4.10. The predicted molar refractivity (Wildman–Crippen MR) is 75.6 cm³/mol. The zero-order valence-corrected chi connectivity index (χ0v) is 12.7. The lowest BCUT2D eigenvalue weighted by molar-refractivity contribution is -0.147. The van der Waals surface area contributed by atoms with Crippen LogP contribution in [0, 0.1) is 22.2 Å². The van der Waals surface area contributed by atoms with Crippen LogP contribution < -0.4 is 0 Å². The molecule has 3 aliphatic carbocycles. The molecule has 0 aromatic rings. The standard InChI is InChI=1S/C17H26O2/c1-11-13-9-15(3,10-14(11)19-12(2)18)17(5)8-6-7-16(13,17)4/h13-14H,1,6-10H2,2-5H3/t13-,14+,15+,16+,17-/m1/s1. The zero-order chi connectivity index (χ0) is 14.1. The monoisotopic (exact) mass is 262 g/mol. The number of ether oxygens (including phenoxy) is 1. The van der Waals surface area contributed by atoms with Crippen molar-refractivity contribution < 1.29 is 9.53 Å². The minimum atomic E-state index is -0.170. The average molecular weight is 262 g/mol. The highest BCUT2D eigenvalue weighted by atomic mass is 16.5. The smallest absolute Gasteiger partial charge is 0.303 e. The second kappa shape index (κ2) is 3.65. The maximum atomic E-state index is 11.3. The summed E-state index contributed by atoms with van der Waals surface area (Å²) in [6.07, 6.45) is 6.10. The van der Waals surface area contributed by atoms with Gasteiger partial charge in [-0.05, 0) is 53.4 Å². The fourth-order valence-electron chi connectivity index (χ4n) is 5.75. The molecular formula is C17H26O2. The highest BCUT2D eigenvalue weighted by Gasteiger charge is 2.70. The Morgan fingerprint density at radius 2 is 1.95 bits per heavy atom. The van der Waals surface area contributed by atoms with Crippen molar-refractivity contribution in [3.63, 3.8) is 0 Å². The van der Waals surface area contributed by atoms with E-state index >= 15 is 0 Å². The number of hydrogen-bond donors (Lipinski definition) is 0. The molecule has 0 heterocycles. The molecule has 0 aromatic carbocycles. The van der Waals surface area contributed by atoms with Crippen LogP contribution >= 0.6 is 0 Å². The van der Waals surface area contributed by atoms with Crippen LogP contribution in [0.3, 0.4) is 0 Å². The van der Waals surface area contributed by atoms with E-state index < -0.39 is 0 Å². The average Bonchev–Trinajstić information content (AvgIpc) is 2.67. The van der Waals surface area contributed by atoms with E-state index in [2.05, 4.69) is 27.4 Å². The Morgan fingerprint density at radius 1 is 1.26 bits per heavy atom. The molecule has 0 saturated heterocycles. The molecular weight excluding hydrogens is 236 g/mol. The van der Waals surface area contributed by atoms with Crippen LogP contribution in [0.25, 0.3) is 0 Å². The summed E-state index contributed by atoms with van der Waals surface area (Å²) in [6, 6.07) is 0. The lowest BCUT2D eigenvalue weighted by atomic mass is 9.59. The van der Waals surface area contributed by atoms with Gasteiger partial charge in [0.25, 0.3) is 0 Å². The molecule has 106 valence electrons. The van der Waals surface area contributed by atoms with E-state index in [4.69, 9.17) is 4.74 Å². The van der Waals surface area contributed by atoms with Crippen LogP contribution in [0.2, 0.25) is 0 Å². The summed E-state index contributed by atoms with van der Waals surface area (Å²) >= 11 is 0. The summed E-state index contributed by atoms with van der Waals surface area (Å²) < 4.78 is 5.57. The molecule has 5 atom stereocenters. The quantitative estimate of drug-likeness (QED) is 0.525. The van der Waals surface area contributed by atoms with Gasteiger partial charge in [0.15, 0.2) is 0 Å². The summed E-state index contributed by atoms with van der Waals surface area (Å²) in [4.78, 5) is 11.3. The number of hydrogen-bond acceptors (Lipinski definition) is 2. The fourth-order valence-corrected chi connectivity index (χ4v) is 5.75. The molecule has 19 heavy (non-hydrogen) atoms. The number of carbonyl (C=O) groups is 1. The minimum absolute atomic E-state index is 0.0551. The molecule has 0 radical (unpaired) electrons. The molecule has 3 saturated carbocycles. The summed E-state index contributed by atoms with van der Waals surface area (Å²) in [6.45, 7) is 13.2. The van der Waals surface area contributed by atoms with Crippen molar-refractivity contribution in [3.05, 3.63) is 12.2 Å². The van der Waals surface area contributed by atoms with Crippen molar-refractivity contribution in [2.24, 2.45) is 22.2 Å². The summed E-state index contributed by atoms with van der Waals surface area (Å²) in [5, 5.41) is 0. The van der Waals surface area contributed by atoms with Crippen LogP contribution in [0.1, 0.15) is 59.8 Å².